The molecule has 0 saturated carbocycles. The quantitative estimate of drug-likeness (QED) is 0.859. The van der Waals surface area contributed by atoms with Crippen molar-refractivity contribution in [3.63, 3.8) is 0 Å². The van der Waals surface area contributed by atoms with E-state index in [2.05, 4.69) is 4.98 Å². The van der Waals surface area contributed by atoms with Crippen molar-refractivity contribution in [1.29, 1.82) is 0 Å². The van der Waals surface area contributed by atoms with Crippen molar-refractivity contribution in [3.05, 3.63) is 28.1 Å². The van der Waals surface area contributed by atoms with Gasteiger partial charge in [-0.1, -0.05) is 0 Å². The Balaban J connectivity index is 1.67. The van der Waals surface area contributed by atoms with Gasteiger partial charge in [-0.15, -0.1) is 11.3 Å². The zero-order valence-electron chi connectivity index (χ0n) is 12.7. The van der Waals surface area contributed by atoms with Crippen LogP contribution >= 0.6 is 11.3 Å². The zero-order valence-corrected chi connectivity index (χ0v) is 13.5. The average molecular weight is 321 g/mol. The lowest BCUT2D eigenvalue weighted by atomic mass is 10.2. The summed E-state index contributed by atoms with van der Waals surface area (Å²) in [6, 6.07) is 1.78. The van der Waals surface area contributed by atoms with Crippen LogP contribution in [0.25, 0.3) is 10.2 Å². The molecule has 0 radical (unpaired) electrons. The van der Waals surface area contributed by atoms with Gasteiger partial charge in [0.05, 0.1) is 23.9 Å². The second kappa shape index (κ2) is 6.18. The van der Waals surface area contributed by atoms with E-state index < -0.39 is 0 Å². The molecule has 2 atom stereocenters. The van der Waals surface area contributed by atoms with Crippen molar-refractivity contribution in [2.24, 2.45) is 0 Å². The maximum absolute atomic E-state index is 12.3. The van der Waals surface area contributed by atoms with Crippen molar-refractivity contribution in [1.82, 2.24) is 14.5 Å². The van der Waals surface area contributed by atoms with Crippen molar-refractivity contribution >= 4 is 27.5 Å². The number of ether oxygens (including phenoxy) is 1. The summed E-state index contributed by atoms with van der Waals surface area (Å²) in [5, 5.41) is 2.47. The molecule has 7 heteroatoms. The van der Waals surface area contributed by atoms with Gasteiger partial charge in [0.1, 0.15) is 4.83 Å². The zero-order chi connectivity index (χ0) is 15.7. The lowest BCUT2D eigenvalue weighted by Gasteiger charge is -2.35. The van der Waals surface area contributed by atoms with E-state index in [4.69, 9.17) is 4.74 Å². The molecule has 0 spiro atoms. The predicted octanol–water partition coefficient (Wildman–Crippen LogP) is 1.48. The Morgan fingerprint density at radius 3 is 2.86 bits per heavy atom. The molecule has 3 heterocycles. The smallest absolute Gasteiger partial charge is 0.262 e. The van der Waals surface area contributed by atoms with E-state index in [1.165, 1.54) is 22.2 Å². The number of hydrogen-bond donors (Lipinski definition) is 0. The summed E-state index contributed by atoms with van der Waals surface area (Å²) in [6.07, 6.45) is 1.94. The Hall–Kier alpha value is -1.73. The van der Waals surface area contributed by atoms with E-state index in [0.717, 1.165) is 4.83 Å². The van der Waals surface area contributed by atoms with Gasteiger partial charge in [0.15, 0.2) is 0 Å². The van der Waals surface area contributed by atoms with Gasteiger partial charge < -0.3 is 9.64 Å². The maximum atomic E-state index is 12.3. The van der Waals surface area contributed by atoms with Crippen LogP contribution in [0.1, 0.15) is 20.3 Å². The molecule has 2 aromatic heterocycles. The van der Waals surface area contributed by atoms with Crippen LogP contribution in [0.15, 0.2) is 22.6 Å². The summed E-state index contributed by atoms with van der Waals surface area (Å²) in [7, 11) is 0. The molecule has 2 aromatic rings. The molecule has 118 valence electrons. The Labute approximate surface area is 132 Å². The van der Waals surface area contributed by atoms with Crippen LogP contribution in [0.5, 0.6) is 0 Å². The number of aromatic nitrogens is 2. The Morgan fingerprint density at radius 2 is 2.14 bits per heavy atom. The Kier molecular flexibility index (Phi) is 4.26. The number of carbonyl (C=O) groups excluding carboxylic acids is 1. The minimum atomic E-state index is -0.0808. The number of rotatable bonds is 3. The summed E-state index contributed by atoms with van der Waals surface area (Å²) in [6.45, 7) is 5.51. The van der Waals surface area contributed by atoms with Gasteiger partial charge in [-0.3, -0.25) is 14.2 Å². The van der Waals surface area contributed by atoms with Crippen molar-refractivity contribution in [3.8, 4) is 0 Å². The number of fused-ring (bicyclic) bond motifs is 1. The van der Waals surface area contributed by atoms with Crippen molar-refractivity contribution in [2.45, 2.75) is 39.0 Å². The van der Waals surface area contributed by atoms with Gasteiger partial charge in [-0.25, -0.2) is 4.98 Å². The fourth-order valence-corrected chi connectivity index (χ4v) is 3.53. The molecule has 1 fully saturated rings. The summed E-state index contributed by atoms with van der Waals surface area (Å²) in [4.78, 5) is 31.4. The van der Waals surface area contributed by atoms with Crippen LogP contribution in [-0.4, -0.2) is 45.7 Å². The fraction of sp³-hybridized carbons (Fsp3) is 0.533. The third-order valence-corrected chi connectivity index (χ3v) is 4.61. The van der Waals surface area contributed by atoms with Crippen molar-refractivity contribution < 1.29 is 9.53 Å². The van der Waals surface area contributed by atoms with Gasteiger partial charge in [0.25, 0.3) is 5.56 Å². The Morgan fingerprint density at radius 1 is 1.41 bits per heavy atom. The molecular formula is C15H19N3O3S. The topological polar surface area (TPSA) is 64.4 Å². The monoisotopic (exact) mass is 321 g/mol. The average Bonchev–Trinajstić information content (AvgIpc) is 2.94. The first-order chi connectivity index (χ1) is 10.5. The number of thiophene rings is 1. The molecule has 0 unspecified atom stereocenters. The van der Waals surface area contributed by atoms with E-state index in [9.17, 15) is 9.59 Å². The van der Waals surface area contributed by atoms with Crippen LogP contribution in [-0.2, 0) is 16.1 Å². The number of aryl methyl sites for hydroxylation is 1. The second-order valence-electron chi connectivity index (χ2n) is 5.69. The fourth-order valence-electron chi connectivity index (χ4n) is 2.81. The van der Waals surface area contributed by atoms with Gasteiger partial charge >= 0.3 is 0 Å². The molecule has 0 N–H and O–H groups in total. The molecular weight excluding hydrogens is 302 g/mol. The number of amides is 1. The van der Waals surface area contributed by atoms with Crippen LogP contribution in [0, 0.1) is 0 Å². The molecule has 0 bridgehead atoms. The summed E-state index contributed by atoms with van der Waals surface area (Å²) in [5.41, 5.74) is -0.0808. The highest BCUT2D eigenvalue weighted by Gasteiger charge is 2.25. The van der Waals surface area contributed by atoms with E-state index in [1.54, 1.807) is 6.07 Å². The highest BCUT2D eigenvalue weighted by molar-refractivity contribution is 7.16. The summed E-state index contributed by atoms with van der Waals surface area (Å²) < 4.78 is 7.14. The first-order valence-corrected chi connectivity index (χ1v) is 8.28. The predicted molar refractivity (Wildman–Crippen MR) is 85.1 cm³/mol. The van der Waals surface area contributed by atoms with Gasteiger partial charge in [0.2, 0.25) is 5.91 Å². The van der Waals surface area contributed by atoms with E-state index >= 15 is 0 Å². The van der Waals surface area contributed by atoms with Gasteiger partial charge in [0, 0.05) is 26.1 Å². The van der Waals surface area contributed by atoms with Crippen LogP contribution < -0.4 is 5.56 Å². The maximum Gasteiger partial charge on any atom is 0.262 e. The lowest BCUT2D eigenvalue weighted by molar-refractivity contribution is -0.143. The van der Waals surface area contributed by atoms with Crippen molar-refractivity contribution in [2.75, 3.05) is 13.1 Å². The highest BCUT2D eigenvalue weighted by atomic mass is 32.1. The van der Waals surface area contributed by atoms with Crippen LogP contribution in [0.2, 0.25) is 0 Å². The summed E-state index contributed by atoms with van der Waals surface area (Å²) in [5.74, 6) is 0.0549. The second-order valence-corrected chi connectivity index (χ2v) is 6.58. The Bertz CT molecular complexity index is 729. The minimum absolute atomic E-state index is 0.0549. The molecule has 1 saturated heterocycles. The molecule has 1 aliphatic heterocycles. The molecule has 1 aliphatic rings. The molecule has 3 rings (SSSR count). The molecule has 22 heavy (non-hydrogen) atoms. The van der Waals surface area contributed by atoms with E-state index in [1.807, 2.05) is 24.1 Å². The SMILES string of the molecule is C[C@@H]1CN(C(=O)CCn2cnc3sccc3c2=O)C[C@@H](C)O1. The van der Waals surface area contributed by atoms with E-state index in [-0.39, 0.29) is 23.7 Å². The molecule has 6 nitrogen and oxygen atoms in total. The molecule has 1 amide bonds. The first-order valence-electron chi connectivity index (χ1n) is 7.40. The number of hydrogen-bond acceptors (Lipinski definition) is 5. The number of carbonyl (C=O) groups is 1. The minimum Gasteiger partial charge on any atom is -0.372 e. The number of morpholine rings is 1. The van der Waals surface area contributed by atoms with E-state index in [0.29, 0.717) is 31.4 Å². The standard InChI is InChI=1S/C15H19N3O3S/c1-10-7-18(8-11(2)21-10)13(19)3-5-17-9-16-14-12(15(17)20)4-6-22-14/h4,6,9-11H,3,5,7-8H2,1-2H3/t10-,11-/m1/s1. The summed E-state index contributed by atoms with van der Waals surface area (Å²) >= 11 is 1.44. The third kappa shape index (κ3) is 3.05. The molecule has 0 aliphatic carbocycles. The van der Waals surface area contributed by atoms with Crippen LogP contribution in [0.3, 0.4) is 0 Å². The van der Waals surface area contributed by atoms with Gasteiger partial charge in [-0.2, -0.15) is 0 Å². The first kappa shape index (κ1) is 15.2. The third-order valence-electron chi connectivity index (χ3n) is 3.79. The highest BCUT2D eigenvalue weighted by Crippen LogP contribution is 2.14. The largest absolute Gasteiger partial charge is 0.372 e. The molecule has 0 aromatic carbocycles. The lowest BCUT2D eigenvalue weighted by Crippen LogP contribution is -2.48. The normalized spacial score (nSPS) is 22.2. The van der Waals surface area contributed by atoms with Crippen LogP contribution in [0.4, 0.5) is 0 Å². The number of nitrogens with zero attached hydrogens (tertiary/aromatic N) is 3. The van der Waals surface area contributed by atoms with Gasteiger partial charge in [-0.05, 0) is 25.3 Å².